The highest BCUT2D eigenvalue weighted by Crippen LogP contribution is 2.35. The maximum Gasteiger partial charge on any atom is 0.266 e. The Morgan fingerprint density at radius 3 is 2.54 bits per heavy atom. The predicted molar refractivity (Wildman–Crippen MR) is 113 cm³/mol. The van der Waals surface area contributed by atoms with Gasteiger partial charge in [-0.25, -0.2) is 9.37 Å². The van der Waals surface area contributed by atoms with E-state index in [9.17, 15) is 9.18 Å². The van der Waals surface area contributed by atoms with Crippen molar-refractivity contribution in [1.82, 2.24) is 9.55 Å². The average molecular weight is 411 g/mol. The molecule has 0 bridgehead atoms. The second kappa shape index (κ2) is 7.78. The molecule has 0 saturated carbocycles. The number of rotatable bonds is 4. The van der Waals surface area contributed by atoms with Crippen molar-refractivity contribution in [3.63, 3.8) is 0 Å². The Morgan fingerprint density at radius 2 is 1.79 bits per heavy atom. The lowest BCUT2D eigenvalue weighted by Crippen LogP contribution is -2.22. The van der Waals surface area contributed by atoms with Gasteiger partial charge in [0.1, 0.15) is 5.82 Å². The zero-order chi connectivity index (χ0) is 19.7. The number of hydrogen-bond acceptors (Lipinski definition) is 3. The fourth-order valence-electron chi connectivity index (χ4n) is 2.99. The van der Waals surface area contributed by atoms with Crippen LogP contribution in [0.3, 0.4) is 0 Å². The third-order valence-electron chi connectivity index (χ3n) is 4.43. The Labute approximate surface area is 170 Å². The monoisotopic (exact) mass is 410 g/mol. The molecule has 0 amide bonds. The summed E-state index contributed by atoms with van der Waals surface area (Å²) in [5, 5.41) is 1.61. The quantitative estimate of drug-likeness (QED) is 0.304. The van der Waals surface area contributed by atoms with Gasteiger partial charge in [0, 0.05) is 10.3 Å². The molecule has 3 nitrogen and oxygen atoms in total. The predicted octanol–water partition coefficient (Wildman–Crippen LogP) is 6.03. The molecule has 0 N–H and O–H groups in total. The summed E-state index contributed by atoms with van der Waals surface area (Å²) in [6.07, 6.45) is 0. The number of para-hydroxylation sites is 1. The van der Waals surface area contributed by atoms with Crippen LogP contribution in [0.2, 0.25) is 5.02 Å². The molecule has 0 aliphatic carbocycles. The molecule has 1 atom stereocenters. The summed E-state index contributed by atoms with van der Waals surface area (Å²) < 4.78 is 14.8. The fourth-order valence-corrected chi connectivity index (χ4v) is 4.23. The Balaban J connectivity index is 1.87. The van der Waals surface area contributed by atoms with Gasteiger partial charge in [0.15, 0.2) is 5.16 Å². The highest BCUT2D eigenvalue weighted by atomic mass is 35.5. The molecule has 28 heavy (non-hydrogen) atoms. The van der Waals surface area contributed by atoms with Gasteiger partial charge in [0.25, 0.3) is 5.56 Å². The van der Waals surface area contributed by atoms with Crippen molar-refractivity contribution >= 4 is 34.3 Å². The SMILES string of the molecule is CC(Sc1nc2ccccc2c(=O)n1-c1cccc(Cl)c1)c1ccc(F)cc1. The second-order valence-electron chi connectivity index (χ2n) is 6.34. The van der Waals surface area contributed by atoms with Gasteiger partial charge in [-0.3, -0.25) is 9.36 Å². The minimum absolute atomic E-state index is 0.0286. The molecule has 4 aromatic rings. The Morgan fingerprint density at radius 1 is 1.04 bits per heavy atom. The molecule has 6 heteroatoms. The molecule has 1 unspecified atom stereocenters. The number of thioether (sulfide) groups is 1. The lowest BCUT2D eigenvalue weighted by Gasteiger charge is -2.17. The van der Waals surface area contributed by atoms with Gasteiger partial charge in [0.2, 0.25) is 0 Å². The number of aromatic nitrogens is 2. The smallest absolute Gasteiger partial charge is 0.266 e. The van der Waals surface area contributed by atoms with Gasteiger partial charge < -0.3 is 0 Å². The lowest BCUT2D eigenvalue weighted by atomic mass is 10.2. The third-order valence-corrected chi connectivity index (χ3v) is 5.78. The first-order chi connectivity index (χ1) is 13.5. The van der Waals surface area contributed by atoms with Crippen LogP contribution in [0.1, 0.15) is 17.7 Å². The van der Waals surface area contributed by atoms with Crippen LogP contribution in [0.25, 0.3) is 16.6 Å². The van der Waals surface area contributed by atoms with Crippen molar-refractivity contribution in [2.75, 3.05) is 0 Å². The minimum Gasteiger partial charge on any atom is -0.268 e. The van der Waals surface area contributed by atoms with Crippen molar-refractivity contribution < 1.29 is 4.39 Å². The molecular weight excluding hydrogens is 395 g/mol. The van der Waals surface area contributed by atoms with Crippen molar-refractivity contribution in [1.29, 1.82) is 0 Å². The third kappa shape index (κ3) is 3.68. The van der Waals surface area contributed by atoms with Crippen LogP contribution in [-0.4, -0.2) is 9.55 Å². The van der Waals surface area contributed by atoms with Crippen molar-refractivity contribution in [3.05, 3.63) is 99.6 Å². The Kier molecular flexibility index (Phi) is 5.20. The number of fused-ring (bicyclic) bond motifs is 1. The van der Waals surface area contributed by atoms with Crippen LogP contribution < -0.4 is 5.56 Å². The normalized spacial score (nSPS) is 12.2. The van der Waals surface area contributed by atoms with Gasteiger partial charge in [-0.1, -0.05) is 53.7 Å². The van der Waals surface area contributed by atoms with Crippen LogP contribution in [0.15, 0.2) is 82.7 Å². The summed E-state index contributed by atoms with van der Waals surface area (Å²) in [6, 6.07) is 20.8. The van der Waals surface area contributed by atoms with Crippen molar-refractivity contribution in [2.45, 2.75) is 17.3 Å². The highest BCUT2D eigenvalue weighted by molar-refractivity contribution is 7.99. The summed E-state index contributed by atoms with van der Waals surface area (Å²) in [5.74, 6) is -0.277. The first-order valence-corrected chi connectivity index (χ1v) is 9.98. The maximum atomic E-state index is 13.3. The molecule has 0 aliphatic rings. The van der Waals surface area contributed by atoms with Crippen molar-refractivity contribution in [3.8, 4) is 5.69 Å². The maximum absolute atomic E-state index is 13.3. The number of hydrogen-bond donors (Lipinski definition) is 0. The van der Waals surface area contributed by atoms with Crippen LogP contribution in [0.4, 0.5) is 4.39 Å². The van der Waals surface area contributed by atoms with Crippen LogP contribution >= 0.6 is 23.4 Å². The summed E-state index contributed by atoms with van der Waals surface area (Å²) in [4.78, 5) is 18.0. The van der Waals surface area contributed by atoms with Crippen LogP contribution in [0, 0.1) is 5.82 Å². The van der Waals surface area contributed by atoms with Crippen LogP contribution in [0.5, 0.6) is 0 Å². The summed E-state index contributed by atoms with van der Waals surface area (Å²) >= 11 is 7.60. The fraction of sp³-hybridized carbons (Fsp3) is 0.0909. The van der Waals surface area contributed by atoms with E-state index < -0.39 is 0 Å². The van der Waals surface area contributed by atoms with E-state index in [4.69, 9.17) is 16.6 Å². The van der Waals surface area contributed by atoms with E-state index in [1.54, 1.807) is 41.0 Å². The number of nitrogens with zero attached hydrogens (tertiary/aromatic N) is 2. The number of benzene rings is 3. The first-order valence-electron chi connectivity index (χ1n) is 8.73. The molecule has 3 aromatic carbocycles. The van der Waals surface area contributed by atoms with Gasteiger partial charge in [0.05, 0.1) is 16.6 Å². The van der Waals surface area contributed by atoms with E-state index in [0.717, 1.165) is 5.56 Å². The zero-order valence-electron chi connectivity index (χ0n) is 15.0. The summed E-state index contributed by atoms with van der Waals surface area (Å²) in [6.45, 7) is 2.00. The Hall–Kier alpha value is -2.63. The van der Waals surface area contributed by atoms with Gasteiger partial charge in [-0.2, -0.15) is 0 Å². The molecule has 140 valence electrons. The molecule has 0 aliphatic heterocycles. The van der Waals surface area contributed by atoms with E-state index in [2.05, 4.69) is 0 Å². The standard InChI is InChI=1S/C22H16ClFN2OS/c1-14(15-9-11-17(24)12-10-15)28-22-25-20-8-3-2-7-19(20)21(27)26(22)18-6-4-5-16(23)13-18/h2-14H,1H3. The average Bonchev–Trinajstić information content (AvgIpc) is 2.68. The summed E-state index contributed by atoms with van der Waals surface area (Å²) in [7, 11) is 0. The van der Waals surface area contributed by atoms with Crippen LogP contribution in [-0.2, 0) is 0 Å². The summed E-state index contributed by atoms with van der Waals surface area (Å²) in [5.41, 5.74) is 2.09. The highest BCUT2D eigenvalue weighted by Gasteiger charge is 2.17. The zero-order valence-corrected chi connectivity index (χ0v) is 16.5. The molecule has 0 spiro atoms. The van der Waals surface area contributed by atoms with Gasteiger partial charge in [-0.15, -0.1) is 0 Å². The molecule has 1 aromatic heterocycles. The second-order valence-corrected chi connectivity index (χ2v) is 8.09. The molecule has 1 heterocycles. The van der Waals surface area contributed by atoms with E-state index in [1.807, 2.05) is 31.2 Å². The molecule has 4 rings (SSSR count). The van der Waals surface area contributed by atoms with E-state index in [0.29, 0.717) is 26.8 Å². The first kappa shape index (κ1) is 18.7. The van der Waals surface area contributed by atoms with E-state index in [-0.39, 0.29) is 16.6 Å². The van der Waals surface area contributed by atoms with Gasteiger partial charge in [-0.05, 0) is 55.0 Å². The molecule has 0 radical (unpaired) electrons. The lowest BCUT2D eigenvalue weighted by molar-refractivity contribution is 0.627. The molecular formula is C22H16ClFN2OS. The molecule has 0 saturated heterocycles. The van der Waals surface area contributed by atoms with Gasteiger partial charge >= 0.3 is 0 Å². The topological polar surface area (TPSA) is 34.9 Å². The van der Waals surface area contributed by atoms with E-state index >= 15 is 0 Å². The van der Waals surface area contributed by atoms with Crippen molar-refractivity contribution in [2.24, 2.45) is 0 Å². The minimum atomic E-state index is -0.277. The number of halogens is 2. The molecule has 0 fully saturated rings. The largest absolute Gasteiger partial charge is 0.268 e. The Bertz CT molecular complexity index is 1210. The van der Waals surface area contributed by atoms with E-state index in [1.165, 1.54) is 23.9 Å².